The van der Waals surface area contributed by atoms with Gasteiger partial charge in [0.1, 0.15) is 25.3 Å². The summed E-state index contributed by atoms with van der Waals surface area (Å²) in [6.07, 6.45) is 1.25. The fraction of sp³-hybridized carbons (Fsp3) is 0.308. The third-order valence-corrected chi connectivity index (χ3v) is 3.34. The zero-order valence-electron chi connectivity index (χ0n) is 10.6. The van der Waals surface area contributed by atoms with Crippen LogP contribution in [0.1, 0.15) is 18.5 Å². The van der Waals surface area contributed by atoms with Crippen LogP contribution in [0.15, 0.2) is 24.2 Å². The minimum absolute atomic E-state index is 0.0657. The van der Waals surface area contributed by atoms with Gasteiger partial charge in [0.2, 0.25) is 5.76 Å². The van der Waals surface area contributed by atoms with Crippen LogP contribution in [0.25, 0.3) is 0 Å². The van der Waals surface area contributed by atoms with Crippen LogP contribution in [-0.4, -0.2) is 19.1 Å². The van der Waals surface area contributed by atoms with E-state index in [9.17, 15) is 9.18 Å². The molecule has 7 heteroatoms. The van der Waals surface area contributed by atoms with Crippen LogP contribution in [0.2, 0.25) is 10.0 Å². The van der Waals surface area contributed by atoms with Gasteiger partial charge in [-0.05, 0) is 24.6 Å². The van der Waals surface area contributed by atoms with E-state index in [1.807, 2.05) is 0 Å². The van der Waals surface area contributed by atoms with E-state index >= 15 is 0 Å². The molecule has 0 bridgehead atoms. The minimum Gasteiger partial charge on any atom is -0.494 e. The summed E-state index contributed by atoms with van der Waals surface area (Å²) in [5, 5.41) is 2.86. The molecule has 0 spiro atoms. The molecule has 1 aliphatic heterocycles. The highest BCUT2D eigenvalue weighted by molar-refractivity contribution is 6.35. The number of rotatable bonds is 3. The first-order valence-corrected chi connectivity index (χ1v) is 6.64. The van der Waals surface area contributed by atoms with Gasteiger partial charge >= 0.3 is 0 Å². The second-order valence-electron chi connectivity index (χ2n) is 4.18. The highest BCUT2D eigenvalue weighted by Crippen LogP contribution is 2.28. The van der Waals surface area contributed by atoms with Crippen LogP contribution in [0, 0.1) is 5.82 Å². The lowest BCUT2D eigenvalue weighted by Gasteiger charge is -2.19. The molecule has 0 fully saturated rings. The smallest absolute Gasteiger partial charge is 0.290 e. The number of hydrogen-bond donors (Lipinski definition) is 1. The molecule has 1 aromatic carbocycles. The van der Waals surface area contributed by atoms with Crippen molar-refractivity contribution in [2.75, 3.05) is 13.2 Å². The summed E-state index contributed by atoms with van der Waals surface area (Å²) in [6.45, 7) is 2.39. The van der Waals surface area contributed by atoms with Crippen molar-refractivity contribution in [2.45, 2.75) is 13.0 Å². The van der Waals surface area contributed by atoms with E-state index in [-0.39, 0.29) is 15.8 Å². The molecule has 1 aromatic rings. The summed E-state index contributed by atoms with van der Waals surface area (Å²) >= 11 is 11.6. The van der Waals surface area contributed by atoms with Crippen molar-refractivity contribution in [3.05, 3.63) is 45.6 Å². The normalized spacial score (nSPS) is 15.7. The van der Waals surface area contributed by atoms with Crippen molar-refractivity contribution in [2.24, 2.45) is 0 Å². The molecular formula is C13H12Cl2FNO3. The zero-order chi connectivity index (χ0) is 14.7. The van der Waals surface area contributed by atoms with Crippen molar-refractivity contribution in [1.82, 2.24) is 5.32 Å². The van der Waals surface area contributed by atoms with E-state index in [0.29, 0.717) is 18.8 Å². The van der Waals surface area contributed by atoms with Crippen molar-refractivity contribution >= 4 is 29.1 Å². The largest absolute Gasteiger partial charge is 0.494 e. The van der Waals surface area contributed by atoms with Gasteiger partial charge in [-0.15, -0.1) is 0 Å². The standard InChI is InChI=1S/C13H12Cl2FNO3/c1-7(8-4-11(16)10(15)5-9(8)14)17-13(18)12-6-19-2-3-20-12/h4-7H,2-3H2,1H3,(H,17,18)/t7-/m0/s1. The minimum atomic E-state index is -0.594. The summed E-state index contributed by atoms with van der Waals surface area (Å²) in [5.41, 5.74) is 0.430. The van der Waals surface area contributed by atoms with Gasteiger partial charge < -0.3 is 14.8 Å². The highest BCUT2D eigenvalue weighted by Gasteiger charge is 2.20. The van der Waals surface area contributed by atoms with Crippen LogP contribution in [0.3, 0.4) is 0 Å². The first-order chi connectivity index (χ1) is 9.49. The molecule has 1 atom stereocenters. The quantitative estimate of drug-likeness (QED) is 0.870. The fourth-order valence-electron chi connectivity index (χ4n) is 1.70. The number of carbonyl (C=O) groups excluding carboxylic acids is 1. The van der Waals surface area contributed by atoms with Gasteiger partial charge in [-0.3, -0.25) is 4.79 Å². The van der Waals surface area contributed by atoms with Crippen LogP contribution in [-0.2, 0) is 14.3 Å². The van der Waals surface area contributed by atoms with E-state index in [4.69, 9.17) is 32.7 Å². The molecule has 20 heavy (non-hydrogen) atoms. The molecule has 1 N–H and O–H groups in total. The van der Waals surface area contributed by atoms with Gasteiger partial charge in [-0.1, -0.05) is 23.2 Å². The maximum Gasteiger partial charge on any atom is 0.290 e. The van der Waals surface area contributed by atoms with Crippen LogP contribution < -0.4 is 5.32 Å². The molecule has 0 radical (unpaired) electrons. The predicted molar refractivity (Wildman–Crippen MR) is 73.0 cm³/mol. The van der Waals surface area contributed by atoms with Crippen LogP contribution >= 0.6 is 23.2 Å². The van der Waals surface area contributed by atoms with Gasteiger partial charge in [-0.2, -0.15) is 0 Å². The van der Waals surface area contributed by atoms with Gasteiger partial charge in [0.25, 0.3) is 5.91 Å². The second kappa shape index (κ2) is 6.33. The first kappa shape index (κ1) is 14.9. The fourth-order valence-corrected chi connectivity index (χ4v) is 2.25. The Morgan fingerprint density at radius 3 is 2.75 bits per heavy atom. The Morgan fingerprint density at radius 1 is 1.35 bits per heavy atom. The molecule has 108 valence electrons. The van der Waals surface area contributed by atoms with Crippen molar-refractivity contribution in [3.63, 3.8) is 0 Å². The molecule has 1 heterocycles. The molecule has 0 saturated carbocycles. The maximum absolute atomic E-state index is 13.5. The lowest BCUT2D eigenvalue weighted by atomic mass is 10.1. The zero-order valence-corrected chi connectivity index (χ0v) is 12.1. The summed E-state index contributed by atoms with van der Waals surface area (Å²) in [6, 6.07) is 1.99. The number of halogens is 3. The summed E-state index contributed by atoms with van der Waals surface area (Å²) < 4.78 is 23.6. The Bertz CT molecular complexity index is 563. The molecule has 2 rings (SSSR count). The molecule has 4 nitrogen and oxygen atoms in total. The third-order valence-electron chi connectivity index (χ3n) is 2.73. The first-order valence-electron chi connectivity index (χ1n) is 5.89. The van der Waals surface area contributed by atoms with Crippen molar-refractivity contribution < 1.29 is 18.7 Å². The number of amides is 1. The maximum atomic E-state index is 13.5. The molecule has 0 aromatic heterocycles. The van der Waals surface area contributed by atoms with Crippen molar-refractivity contribution in [3.8, 4) is 0 Å². The Kier molecular flexibility index (Phi) is 4.73. The summed E-state index contributed by atoms with van der Waals surface area (Å²) in [7, 11) is 0. The molecule has 1 amide bonds. The molecule has 0 unspecified atom stereocenters. The number of carbonyl (C=O) groups is 1. The Labute approximate surface area is 125 Å². The predicted octanol–water partition coefficient (Wildman–Crippen LogP) is 3.20. The average Bonchev–Trinajstić information content (AvgIpc) is 2.43. The SMILES string of the molecule is C[C@H](NC(=O)C1=COCCO1)c1cc(F)c(Cl)cc1Cl. The van der Waals surface area contributed by atoms with Crippen LogP contribution in [0.4, 0.5) is 4.39 Å². The Balaban J connectivity index is 2.12. The van der Waals surface area contributed by atoms with E-state index in [2.05, 4.69) is 5.32 Å². The Morgan fingerprint density at radius 2 is 2.10 bits per heavy atom. The topological polar surface area (TPSA) is 47.6 Å². The van der Waals surface area contributed by atoms with E-state index in [1.165, 1.54) is 18.4 Å². The van der Waals surface area contributed by atoms with Gasteiger partial charge in [0.15, 0.2) is 0 Å². The number of hydrogen-bond acceptors (Lipinski definition) is 3. The van der Waals surface area contributed by atoms with Crippen LogP contribution in [0.5, 0.6) is 0 Å². The molecule has 0 aliphatic carbocycles. The number of nitrogens with one attached hydrogen (secondary N) is 1. The lowest BCUT2D eigenvalue weighted by molar-refractivity contribution is -0.122. The Hall–Kier alpha value is -1.46. The van der Waals surface area contributed by atoms with E-state index in [1.54, 1.807) is 6.92 Å². The summed E-state index contributed by atoms with van der Waals surface area (Å²) in [4.78, 5) is 11.9. The average molecular weight is 320 g/mol. The van der Waals surface area contributed by atoms with E-state index < -0.39 is 17.8 Å². The monoisotopic (exact) mass is 319 g/mol. The van der Waals surface area contributed by atoms with Crippen molar-refractivity contribution in [1.29, 1.82) is 0 Å². The summed E-state index contributed by atoms with van der Waals surface area (Å²) in [5.74, 6) is -0.971. The second-order valence-corrected chi connectivity index (χ2v) is 5.00. The third kappa shape index (κ3) is 3.35. The highest BCUT2D eigenvalue weighted by atomic mass is 35.5. The van der Waals surface area contributed by atoms with E-state index in [0.717, 1.165) is 0 Å². The number of benzene rings is 1. The van der Waals surface area contributed by atoms with Gasteiger partial charge in [-0.25, -0.2) is 4.39 Å². The van der Waals surface area contributed by atoms with Gasteiger partial charge in [0.05, 0.1) is 11.1 Å². The lowest BCUT2D eigenvalue weighted by Crippen LogP contribution is -2.30. The molecular weight excluding hydrogens is 308 g/mol. The van der Waals surface area contributed by atoms with Gasteiger partial charge in [0, 0.05) is 5.02 Å². The molecule has 0 saturated heterocycles. The molecule has 1 aliphatic rings. The number of ether oxygens (including phenoxy) is 2.